The van der Waals surface area contributed by atoms with Crippen LogP contribution in [-0.4, -0.2) is 21.5 Å². The van der Waals surface area contributed by atoms with Crippen LogP contribution in [0.1, 0.15) is 16.8 Å². The Morgan fingerprint density at radius 3 is 2.94 bits per heavy atom. The molecule has 0 aliphatic rings. The highest BCUT2D eigenvalue weighted by atomic mass is 32.1. The van der Waals surface area contributed by atoms with Crippen molar-refractivity contribution in [2.45, 2.75) is 20.0 Å². The summed E-state index contributed by atoms with van der Waals surface area (Å²) in [4.78, 5) is 2.19. The van der Waals surface area contributed by atoms with Crippen LogP contribution >= 0.6 is 11.5 Å². The molecule has 1 heterocycles. The second-order valence-corrected chi connectivity index (χ2v) is 5.11. The smallest absolute Gasteiger partial charge is 0.148 e. The Bertz CT molecular complexity index is 511. The molecule has 0 amide bonds. The van der Waals surface area contributed by atoms with Gasteiger partial charge in [-0.3, -0.25) is 4.90 Å². The highest BCUT2D eigenvalue weighted by molar-refractivity contribution is 7.10. The van der Waals surface area contributed by atoms with Gasteiger partial charge >= 0.3 is 0 Å². The summed E-state index contributed by atoms with van der Waals surface area (Å²) >= 11 is 1.28. The van der Waals surface area contributed by atoms with Gasteiger partial charge in [-0.15, -0.1) is 5.10 Å². The number of hydrogen-bond donors (Lipinski definition) is 2. The molecule has 0 aliphatic carbocycles. The SMILES string of the molecule is Cc1cccc(CN(C)Cc2nnsc2NN)c1. The van der Waals surface area contributed by atoms with Crippen LogP contribution in [0.15, 0.2) is 24.3 Å². The monoisotopic (exact) mass is 263 g/mol. The molecule has 96 valence electrons. The van der Waals surface area contributed by atoms with Crippen LogP contribution in [-0.2, 0) is 13.1 Å². The van der Waals surface area contributed by atoms with E-state index < -0.39 is 0 Å². The molecule has 2 rings (SSSR count). The van der Waals surface area contributed by atoms with Gasteiger partial charge in [0.2, 0.25) is 0 Å². The number of benzene rings is 1. The molecule has 2 aromatic rings. The van der Waals surface area contributed by atoms with Crippen molar-refractivity contribution >= 4 is 16.5 Å². The van der Waals surface area contributed by atoms with Crippen LogP contribution in [0.4, 0.5) is 5.00 Å². The van der Waals surface area contributed by atoms with Gasteiger partial charge in [0.05, 0.1) is 0 Å². The number of anilines is 1. The first-order chi connectivity index (χ1) is 8.69. The number of hydrogen-bond acceptors (Lipinski definition) is 6. The molecule has 0 radical (unpaired) electrons. The van der Waals surface area contributed by atoms with Gasteiger partial charge in [-0.1, -0.05) is 34.3 Å². The zero-order chi connectivity index (χ0) is 13.0. The maximum Gasteiger partial charge on any atom is 0.148 e. The third-order valence-corrected chi connectivity index (χ3v) is 3.34. The molecule has 0 saturated heterocycles. The molecule has 0 unspecified atom stereocenters. The summed E-state index contributed by atoms with van der Waals surface area (Å²) in [5.74, 6) is 5.41. The molecule has 0 aliphatic heterocycles. The van der Waals surface area contributed by atoms with Gasteiger partial charge in [0.1, 0.15) is 10.7 Å². The van der Waals surface area contributed by atoms with Gasteiger partial charge in [0.25, 0.3) is 0 Å². The number of hydrazine groups is 1. The molecule has 1 aromatic heterocycles. The van der Waals surface area contributed by atoms with Crippen LogP contribution in [0.25, 0.3) is 0 Å². The minimum atomic E-state index is 0.726. The standard InChI is InChI=1S/C12H17N5S/c1-9-4-3-5-10(6-9)7-17(2)8-11-12(14-13)18-16-15-11/h3-6,14H,7-8,13H2,1-2H3. The average Bonchev–Trinajstić information content (AvgIpc) is 2.76. The van der Waals surface area contributed by atoms with Gasteiger partial charge in [0.15, 0.2) is 0 Å². The second-order valence-electron chi connectivity index (χ2n) is 4.35. The van der Waals surface area contributed by atoms with E-state index in [1.165, 1.54) is 22.7 Å². The van der Waals surface area contributed by atoms with E-state index in [1.807, 2.05) is 0 Å². The fourth-order valence-electron chi connectivity index (χ4n) is 1.86. The van der Waals surface area contributed by atoms with E-state index in [1.54, 1.807) is 0 Å². The van der Waals surface area contributed by atoms with Crippen LogP contribution in [0.2, 0.25) is 0 Å². The summed E-state index contributed by atoms with van der Waals surface area (Å²) < 4.78 is 3.89. The highest BCUT2D eigenvalue weighted by Crippen LogP contribution is 2.18. The largest absolute Gasteiger partial charge is 0.313 e. The van der Waals surface area contributed by atoms with Crippen molar-refractivity contribution < 1.29 is 0 Å². The fraction of sp³-hybridized carbons (Fsp3) is 0.333. The Hall–Kier alpha value is -1.50. The van der Waals surface area contributed by atoms with Crippen molar-refractivity contribution in [1.82, 2.24) is 14.5 Å². The van der Waals surface area contributed by atoms with E-state index in [9.17, 15) is 0 Å². The van der Waals surface area contributed by atoms with Crippen LogP contribution in [0.5, 0.6) is 0 Å². The summed E-state index contributed by atoms with van der Waals surface area (Å²) in [7, 11) is 2.06. The minimum absolute atomic E-state index is 0.726. The van der Waals surface area contributed by atoms with Crippen molar-refractivity contribution in [3.05, 3.63) is 41.1 Å². The molecule has 0 atom stereocenters. The molecule has 1 aromatic carbocycles. The maximum absolute atomic E-state index is 5.41. The quantitative estimate of drug-likeness (QED) is 0.635. The van der Waals surface area contributed by atoms with Crippen molar-refractivity contribution in [3.8, 4) is 0 Å². The number of nitrogens with one attached hydrogen (secondary N) is 1. The Kier molecular flexibility index (Phi) is 4.24. The molecule has 0 bridgehead atoms. The van der Waals surface area contributed by atoms with E-state index in [0.717, 1.165) is 23.8 Å². The topological polar surface area (TPSA) is 67.1 Å². The summed E-state index contributed by atoms with van der Waals surface area (Å²) in [6, 6.07) is 8.50. The number of aryl methyl sites for hydroxylation is 1. The van der Waals surface area contributed by atoms with E-state index >= 15 is 0 Å². The van der Waals surface area contributed by atoms with E-state index in [2.05, 4.69) is 58.1 Å². The number of aromatic nitrogens is 2. The lowest BCUT2D eigenvalue weighted by atomic mass is 10.1. The Balaban J connectivity index is 1.98. The third kappa shape index (κ3) is 3.25. The molecule has 18 heavy (non-hydrogen) atoms. The summed E-state index contributed by atoms with van der Waals surface area (Å²) in [5, 5.41) is 4.90. The third-order valence-electron chi connectivity index (χ3n) is 2.64. The van der Waals surface area contributed by atoms with E-state index in [4.69, 9.17) is 5.84 Å². The minimum Gasteiger partial charge on any atom is -0.313 e. The molecular formula is C12H17N5S. The first-order valence-electron chi connectivity index (χ1n) is 5.71. The normalized spacial score (nSPS) is 10.9. The van der Waals surface area contributed by atoms with Gasteiger partial charge < -0.3 is 5.43 Å². The predicted octanol–water partition coefficient (Wildman–Crippen LogP) is 1.76. The lowest BCUT2D eigenvalue weighted by molar-refractivity contribution is 0.315. The Morgan fingerprint density at radius 1 is 1.39 bits per heavy atom. The lowest BCUT2D eigenvalue weighted by Gasteiger charge is -2.16. The predicted molar refractivity (Wildman–Crippen MR) is 74.1 cm³/mol. The van der Waals surface area contributed by atoms with E-state index in [0.29, 0.717) is 0 Å². The van der Waals surface area contributed by atoms with Crippen molar-refractivity contribution in [3.63, 3.8) is 0 Å². The number of nitrogen functional groups attached to an aromatic ring is 1. The molecule has 0 spiro atoms. The average molecular weight is 263 g/mol. The molecule has 0 saturated carbocycles. The first-order valence-corrected chi connectivity index (χ1v) is 6.48. The second kappa shape index (κ2) is 5.90. The van der Waals surface area contributed by atoms with Crippen LogP contribution in [0, 0.1) is 6.92 Å². The molecular weight excluding hydrogens is 246 g/mol. The van der Waals surface area contributed by atoms with Gasteiger partial charge in [-0.2, -0.15) is 0 Å². The molecule has 6 heteroatoms. The Morgan fingerprint density at radius 2 is 2.22 bits per heavy atom. The number of nitrogens with zero attached hydrogens (tertiary/aromatic N) is 3. The zero-order valence-corrected chi connectivity index (χ0v) is 11.4. The summed E-state index contributed by atoms with van der Waals surface area (Å²) in [6.45, 7) is 3.71. The maximum atomic E-state index is 5.41. The van der Waals surface area contributed by atoms with Crippen LogP contribution < -0.4 is 11.3 Å². The highest BCUT2D eigenvalue weighted by Gasteiger charge is 2.09. The molecule has 3 N–H and O–H groups in total. The van der Waals surface area contributed by atoms with Gasteiger partial charge in [-0.05, 0) is 19.5 Å². The van der Waals surface area contributed by atoms with Gasteiger partial charge in [0, 0.05) is 24.6 Å². The van der Waals surface area contributed by atoms with E-state index in [-0.39, 0.29) is 0 Å². The lowest BCUT2D eigenvalue weighted by Crippen LogP contribution is -2.19. The number of rotatable bonds is 5. The van der Waals surface area contributed by atoms with Crippen molar-refractivity contribution in [2.75, 3.05) is 12.5 Å². The fourth-order valence-corrected chi connectivity index (χ4v) is 2.34. The summed E-state index contributed by atoms with van der Waals surface area (Å²) in [6.07, 6.45) is 0. The summed E-state index contributed by atoms with van der Waals surface area (Å²) in [5.41, 5.74) is 6.08. The Labute approximate surface area is 111 Å². The zero-order valence-electron chi connectivity index (χ0n) is 10.6. The van der Waals surface area contributed by atoms with Crippen molar-refractivity contribution in [2.24, 2.45) is 5.84 Å². The van der Waals surface area contributed by atoms with Crippen molar-refractivity contribution in [1.29, 1.82) is 0 Å². The molecule has 5 nitrogen and oxygen atoms in total. The first kappa shape index (κ1) is 12.9. The van der Waals surface area contributed by atoms with Crippen LogP contribution in [0.3, 0.4) is 0 Å². The number of nitrogens with two attached hydrogens (primary N) is 1. The van der Waals surface area contributed by atoms with Gasteiger partial charge in [-0.25, -0.2) is 5.84 Å². The molecule has 0 fully saturated rings.